The number of carboxylic acid groups (broad SMARTS) is 1. The van der Waals surface area contributed by atoms with Crippen molar-refractivity contribution in [2.75, 3.05) is 32.7 Å². The van der Waals surface area contributed by atoms with E-state index in [1.54, 1.807) is 6.07 Å². The molecule has 0 saturated carbocycles. The Morgan fingerprint density at radius 1 is 1.26 bits per heavy atom. The molecule has 1 fully saturated rings. The first-order valence-corrected chi connectivity index (χ1v) is 6.81. The highest BCUT2D eigenvalue weighted by molar-refractivity contribution is 5.84. The summed E-state index contributed by atoms with van der Waals surface area (Å²) in [6.07, 6.45) is 0. The lowest BCUT2D eigenvalue weighted by Gasteiger charge is -2.35. The maximum atomic E-state index is 10.7. The zero-order valence-corrected chi connectivity index (χ0v) is 11.6. The summed E-state index contributed by atoms with van der Waals surface area (Å²) in [5.74, 6) is 0.450. The van der Waals surface area contributed by atoms with Crippen molar-refractivity contribution in [1.29, 1.82) is 0 Å². The zero-order chi connectivity index (χ0) is 13.8. The van der Waals surface area contributed by atoms with E-state index in [-0.39, 0.29) is 5.76 Å². The van der Waals surface area contributed by atoms with Crippen LogP contribution in [0.1, 0.15) is 30.2 Å². The van der Waals surface area contributed by atoms with Crippen molar-refractivity contribution in [2.45, 2.75) is 20.4 Å². The third kappa shape index (κ3) is 4.08. The normalized spacial score (nSPS) is 18.1. The molecule has 19 heavy (non-hydrogen) atoms. The van der Waals surface area contributed by atoms with Crippen LogP contribution in [0.4, 0.5) is 0 Å². The van der Waals surface area contributed by atoms with Crippen LogP contribution in [-0.4, -0.2) is 53.6 Å². The lowest BCUT2D eigenvalue weighted by atomic mass is 10.2. The Kier molecular flexibility index (Phi) is 4.61. The zero-order valence-electron chi connectivity index (χ0n) is 11.6. The Morgan fingerprint density at radius 3 is 2.42 bits per heavy atom. The van der Waals surface area contributed by atoms with E-state index in [1.165, 1.54) is 6.07 Å². The number of nitrogens with zero attached hydrogens (tertiary/aromatic N) is 2. The molecule has 0 aromatic carbocycles. The van der Waals surface area contributed by atoms with E-state index in [1.807, 2.05) is 0 Å². The van der Waals surface area contributed by atoms with Gasteiger partial charge in [-0.2, -0.15) is 0 Å². The second-order valence-electron chi connectivity index (χ2n) is 5.54. The molecule has 1 aliphatic rings. The van der Waals surface area contributed by atoms with Gasteiger partial charge in [-0.25, -0.2) is 4.79 Å². The Balaban J connectivity index is 1.80. The monoisotopic (exact) mass is 266 g/mol. The smallest absolute Gasteiger partial charge is 0.371 e. The molecule has 0 atom stereocenters. The fraction of sp³-hybridized carbons (Fsp3) is 0.643. The van der Waals surface area contributed by atoms with E-state index in [4.69, 9.17) is 9.52 Å². The van der Waals surface area contributed by atoms with Crippen molar-refractivity contribution in [3.63, 3.8) is 0 Å². The van der Waals surface area contributed by atoms with Crippen LogP contribution in [0.2, 0.25) is 0 Å². The van der Waals surface area contributed by atoms with E-state index in [2.05, 4.69) is 23.6 Å². The van der Waals surface area contributed by atoms with Gasteiger partial charge in [0.2, 0.25) is 5.76 Å². The Labute approximate surface area is 113 Å². The Morgan fingerprint density at radius 2 is 1.89 bits per heavy atom. The third-order valence-corrected chi connectivity index (χ3v) is 3.34. The highest BCUT2D eigenvalue weighted by Crippen LogP contribution is 2.13. The summed E-state index contributed by atoms with van der Waals surface area (Å²) in [5.41, 5.74) is 0. The van der Waals surface area contributed by atoms with E-state index in [0.29, 0.717) is 12.5 Å². The number of carbonyl (C=O) groups is 1. The van der Waals surface area contributed by atoms with Gasteiger partial charge in [0.05, 0.1) is 6.54 Å². The minimum atomic E-state index is -1.01. The van der Waals surface area contributed by atoms with Crippen LogP contribution in [0, 0.1) is 5.92 Å². The largest absolute Gasteiger partial charge is 0.475 e. The van der Waals surface area contributed by atoms with Crippen molar-refractivity contribution in [3.8, 4) is 0 Å². The van der Waals surface area contributed by atoms with Gasteiger partial charge in [-0.05, 0) is 18.1 Å². The third-order valence-electron chi connectivity index (χ3n) is 3.34. The first-order chi connectivity index (χ1) is 9.04. The number of carboxylic acids is 1. The number of aromatic carboxylic acids is 1. The summed E-state index contributed by atoms with van der Waals surface area (Å²) in [5, 5.41) is 8.81. The first kappa shape index (κ1) is 14.1. The molecule has 1 aliphatic heterocycles. The summed E-state index contributed by atoms with van der Waals surface area (Å²) in [4.78, 5) is 15.5. The second kappa shape index (κ2) is 6.21. The van der Waals surface area contributed by atoms with Gasteiger partial charge in [0, 0.05) is 32.7 Å². The summed E-state index contributed by atoms with van der Waals surface area (Å²) in [6.45, 7) is 10.5. The molecule has 106 valence electrons. The van der Waals surface area contributed by atoms with Gasteiger partial charge in [0.1, 0.15) is 5.76 Å². The van der Waals surface area contributed by atoms with E-state index in [0.717, 1.165) is 38.5 Å². The molecular formula is C14H22N2O3. The fourth-order valence-corrected chi connectivity index (χ4v) is 2.44. The van der Waals surface area contributed by atoms with Gasteiger partial charge < -0.3 is 14.4 Å². The predicted molar refractivity (Wildman–Crippen MR) is 72.2 cm³/mol. The molecule has 5 heteroatoms. The molecule has 0 radical (unpaired) electrons. The summed E-state index contributed by atoms with van der Waals surface area (Å²) in [7, 11) is 0. The van der Waals surface area contributed by atoms with Gasteiger partial charge in [-0.1, -0.05) is 13.8 Å². The minimum Gasteiger partial charge on any atom is -0.475 e. The van der Waals surface area contributed by atoms with Crippen molar-refractivity contribution >= 4 is 5.97 Å². The molecule has 1 aromatic heterocycles. The lowest BCUT2D eigenvalue weighted by molar-refractivity contribution is 0.0655. The van der Waals surface area contributed by atoms with Crippen molar-refractivity contribution in [2.24, 2.45) is 5.92 Å². The van der Waals surface area contributed by atoms with Crippen LogP contribution >= 0.6 is 0 Å². The molecule has 2 rings (SSSR count). The van der Waals surface area contributed by atoms with Gasteiger partial charge in [0.15, 0.2) is 0 Å². The maximum absolute atomic E-state index is 10.7. The standard InChI is InChI=1S/C14H22N2O3/c1-11(2)9-15-5-7-16(8-6-15)10-12-3-4-13(19-12)14(17)18/h3-4,11H,5-10H2,1-2H3,(H,17,18). The molecule has 0 unspecified atom stereocenters. The molecular weight excluding hydrogens is 244 g/mol. The summed E-state index contributed by atoms with van der Waals surface area (Å²) >= 11 is 0. The van der Waals surface area contributed by atoms with Crippen LogP contribution in [-0.2, 0) is 6.54 Å². The SMILES string of the molecule is CC(C)CN1CCN(Cc2ccc(C(=O)O)o2)CC1. The minimum absolute atomic E-state index is 0.0217. The molecule has 0 amide bonds. The number of hydrogen-bond acceptors (Lipinski definition) is 4. The molecule has 1 aromatic rings. The van der Waals surface area contributed by atoms with Crippen LogP contribution in [0.15, 0.2) is 16.5 Å². The topological polar surface area (TPSA) is 56.9 Å². The summed E-state index contributed by atoms with van der Waals surface area (Å²) in [6, 6.07) is 3.27. The van der Waals surface area contributed by atoms with Gasteiger partial charge in [0.25, 0.3) is 0 Å². The van der Waals surface area contributed by atoms with Gasteiger partial charge in [-0.15, -0.1) is 0 Å². The molecule has 1 N–H and O–H groups in total. The van der Waals surface area contributed by atoms with E-state index in [9.17, 15) is 4.79 Å². The Bertz CT molecular complexity index is 420. The summed E-state index contributed by atoms with van der Waals surface area (Å²) < 4.78 is 5.28. The molecule has 0 bridgehead atoms. The molecule has 0 spiro atoms. The highest BCUT2D eigenvalue weighted by Gasteiger charge is 2.19. The number of piperazine rings is 1. The van der Waals surface area contributed by atoms with Gasteiger partial charge in [-0.3, -0.25) is 4.90 Å². The predicted octanol–water partition coefficient (Wildman–Crippen LogP) is 1.75. The van der Waals surface area contributed by atoms with E-state index < -0.39 is 5.97 Å². The molecule has 5 nitrogen and oxygen atoms in total. The fourth-order valence-electron chi connectivity index (χ4n) is 2.44. The first-order valence-electron chi connectivity index (χ1n) is 6.81. The van der Waals surface area contributed by atoms with Crippen molar-refractivity contribution in [3.05, 3.63) is 23.7 Å². The maximum Gasteiger partial charge on any atom is 0.371 e. The van der Waals surface area contributed by atoms with Crippen LogP contribution < -0.4 is 0 Å². The molecule has 2 heterocycles. The lowest BCUT2D eigenvalue weighted by Crippen LogP contribution is -2.46. The van der Waals surface area contributed by atoms with Crippen molar-refractivity contribution in [1.82, 2.24) is 9.80 Å². The number of rotatable bonds is 5. The average Bonchev–Trinajstić information content (AvgIpc) is 2.80. The Hall–Kier alpha value is -1.33. The second-order valence-corrected chi connectivity index (χ2v) is 5.54. The van der Waals surface area contributed by atoms with Gasteiger partial charge >= 0.3 is 5.97 Å². The average molecular weight is 266 g/mol. The highest BCUT2D eigenvalue weighted by atomic mass is 16.4. The van der Waals surface area contributed by atoms with Crippen LogP contribution in [0.5, 0.6) is 0 Å². The van der Waals surface area contributed by atoms with E-state index >= 15 is 0 Å². The van der Waals surface area contributed by atoms with Crippen molar-refractivity contribution < 1.29 is 14.3 Å². The molecule has 1 saturated heterocycles. The number of hydrogen-bond donors (Lipinski definition) is 1. The quantitative estimate of drug-likeness (QED) is 0.880. The van der Waals surface area contributed by atoms with Crippen LogP contribution in [0.3, 0.4) is 0 Å². The van der Waals surface area contributed by atoms with Crippen LogP contribution in [0.25, 0.3) is 0 Å². The number of furan rings is 1. The molecule has 0 aliphatic carbocycles.